The summed E-state index contributed by atoms with van der Waals surface area (Å²) in [4.78, 5) is 10.3. The van der Waals surface area contributed by atoms with Gasteiger partial charge in [0.05, 0.1) is 12.8 Å². The molecule has 132 valence electrons. The molecule has 4 rings (SSSR count). The van der Waals surface area contributed by atoms with Gasteiger partial charge in [-0.25, -0.2) is 9.97 Å². The molecule has 4 aromatic rings. The van der Waals surface area contributed by atoms with E-state index in [4.69, 9.17) is 9.15 Å². The van der Waals surface area contributed by atoms with E-state index >= 15 is 0 Å². The maximum absolute atomic E-state index is 5.58. The van der Waals surface area contributed by atoms with Crippen LogP contribution in [0.15, 0.2) is 57.6 Å². The van der Waals surface area contributed by atoms with Gasteiger partial charge in [-0.15, -0.1) is 16.4 Å². The van der Waals surface area contributed by atoms with Crippen LogP contribution in [0.1, 0.15) is 16.4 Å². The molecule has 0 spiro atoms. The van der Waals surface area contributed by atoms with Crippen molar-refractivity contribution in [3.8, 4) is 17.2 Å². The highest BCUT2D eigenvalue weighted by Crippen LogP contribution is 2.25. The van der Waals surface area contributed by atoms with Gasteiger partial charge in [0, 0.05) is 22.6 Å². The Kier molecular flexibility index (Phi) is 5.03. The third-order valence-electron chi connectivity index (χ3n) is 3.67. The lowest BCUT2D eigenvalue weighted by Crippen LogP contribution is -1.87. The number of thiophene rings is 1. The number of H-pyrrole nitrogens is 1. The number of thioether (sulfide) groups is 1. The zero-order valence-electron chi connectivity index (χ0n) is 14.0. The third-order valence-corrected chi connectivity index (χ3v) is 5.43. The molecule has 1 aromatic carbocycles. The van der Waals surface area contributed by atoms with Crippen LogP contribution in [-0.2, 0) is 12.2 Å². The first-order chi connectivity index (χ1) is 12.8. The van der Waals surface area contributed by atoms with Gasteiger partial charge < -0.3 is 9.15 Å². The van der Waals surface area contributed by atoms with E-state index in [1.54, 1.807) is 24.7 Å². The van der Waals surface area contributed by atoms with Gasteiger partial charge in [0.25, 0.3) is 0 Å². The Morgan fingerprint density at radius 3 is 2.85 bits per heavy atom. The van der Waals surface area contributed by atoms with Gasteiger partial charge in [0.1, 0.15) is 17.8 Å². The molecule has 3 heterocycles. The van der Waals surface area contributed by atoms with E-state index in [0.717, 1.165) is 29.3 Å². The predicted octanol–water partition coefficient (Wildman–Crippen LogP) is 4.41. The SMILES string of the molecule is COc1ccc(-c2nc(CSc3n[nH]c(Cc4cccs4)n3)co2)cc1. The molecule has 1 N–H and O–H groups in total. The highest BCUT2D eigenvalue weighted by molar-refractivity contribution is 7.98. The van der Waals surface area contributed by atoms with Crippen LogP contribution in [0.3, 0.4) is 0 Å². The van der Waals surface area contributed by atoms with Crippen molar-refractivity contribution < 1.29 is 9.15 Å². The van der Waals surface area contributed by atoms with E-state index < -0.39 is 0 Å². The Morgan fingerprint density at radius 1 is 1.19 bits per heavy atom. The van der Waals surface area contributed by atoms with Gasteiger partial charge in [-0.2, -0.15) is 0 Å². The molecule has 26 heavy (non-hydrogen) atoms. The summed E-state index contributed by atoms with van der Waals surface area (Å²) < 4.78 is 10.7. The molecule has 0 aliphatic carbocycles. The number of oxazole rings is 1. The van der Waals surface area contributed by atoms with Gasteiger partial charge in [0.15, 0.2) is 0 Å². The lowest BCUT2D eigenvalue weighted by atomic mass is 10.2. The molecule has 0 bridgehead atoms. The number of hydrogen-bond acceptors (Lipinski definition) is 7. The number of methoxy groups -OCH3 is 1. The van der Waals surface area contributed by atoms with E-state index in [1.165, 1.54) is 16.6 Å². The molecule has 6 nitrogen and oxygen atoms in total. The summed E-state index contributed by atoms with van der Waals surface area (Å²) in [5.41, 5.74) is 1.77. The Labute approximate surface area is 158 Å². The number of nitrogens with one attached hydrogen (secondary N) is 1. The summed E-state index contributed by atoms with van der Waals surface area (Å²) in [7, 11) is 1.64. The van der Waals surface area contributed by atoms with Crippen molar-refractivity contribution in [3.63, 3.8) is 0 Å². The van der Waals surface area contributed by atoms with E-state index in [0.29, 0.717) is 16.8 Å². The third kappa shape index (κ3) is 3.97. The molecule has 0 radical (unpaired) electrons. The van der Waals surface area contributed by atoms with Crippen molar-refractivity contribution in [1.82, 2.24) is 20.2 Å². The first-order valence-corrected chi connectivity index (χ1v) is 9.82. The van der Waals surface area contributed by atoms with E-state index in [9.17, 15) is 0 Å². The van der Waals surface area contributed by atoms with Crippen LogP contribution in [-0.4, -0.2) is 27.3 Å². The molecule has 3 aromatic heterocycles. The molecule has 8 heteroatoms. The fourth-order valence-corrected chi connectivity index (χ4v) is 3.78. The van der Waals surface area contributed by atoms with Gasteiger partial charge in [-0.05, 0) is 35.7 Å². The number of hydrogen-bond donors (Lipinski definition) is 1. The topological polar surface area (TPSA) is 76.8 Å². The van der Waals surface area contributed by atoms with Crippen LogP contribution in [0.4, 0.5) is 0 Å². The molecular formula is C18H16N4O2S2. The maximum Gasteiger partial charge on any atom is 0.226 e. The van der Waals surface area contributed by atoms with Crippen molar-refractivity contribution in [2.75, 3.05) is 7.11 Å². The Balaban J connectivity index is 1.36. The van der Waals surface area contributed by atoms with Crippen molar-refractivity contribution in [2.45, 2.75) is 17.3 Å². The van der Waals surface area contributed by atoms with Crippen molar-refractivity contribution in [2.24, 2.45) is 0 Å². The second kappa shape index (κ2) is 7.76. The van der Waals surface area contributed by atoms with Crippen molar-refractivity contribution >= 4 is 23.1 Å². The van der Waals surface area contributed by atoms with E-state index in [2.05, 4.69) is 31.6 Å². The normalized spacial score (nSPS) is 11.0. The molecule has 0 atom stereocenters. The summed E-state index contributed by atoms with van der Waals surface area (Å²) in [6, 6.07) is 11.8. The van der Waals surface area contributed by atoms with E-state index in [-0.39, 0.29) is 0 Å². The zero-order chi connectivity index (χ0) is 17.8. The van der Waals surface area contributed by atoms with E-state index in [1.807, 2.05) is 30.3 Å². The molecule has 0 unspecified atom stereocenters. The number of ether oxygens (including phenoxy) is 1. The summed E-state index contributed by atoms with van der Waals surface area (Å²) in [5, 5.41) is 10.0. The number of nitrogens with zero attached hydrogens (tertiary/aromatic N) is 3. The largest absolute Gasteiger partial charge is 0.497 e. The van der Waals surface area contributed by atoms with Gasteiger partial charge >= 0.3 is 0 Å². The van der Waals surface area contributed by atoms with Crippen LogP contribution in [0.5, 0.6) is 5.75 Å². The summed E-state index contributed by atoms with van der Waals surface area (Å²) >= 11 is 3.24. The first kappa shape index (κ1) is 16.9. The minimum absolute atomic E-state index is 0.594. The summed E-state index contributed by atoms with van der Waals surface area (Å²) in [5.74, 6) is 2.92. The number of rotatable bonds is 7. The summed E-state index contributed by atoms with van der Waals surface area (Å²) in [6.07, 6.45) is 2.45. The fourth-order valence-electron chi connectivity index (χ4n) is 2.38. The average Bonchev–Trinajstić information content (AvgIpc) is 3.43. The van der Waals surface area contributed by atoms with Gasteiger partial charge in [-0.3, -0.25) is 5.10 Å². The number of benzene rings is 1. The van der Waals surface area contributed by atoms with Crippen LogP contribution in [0, 0.1) is 0 Å². The monoisotopic (exact) mass is 384 g/mol. The molecule has 0 aliphatic heterocycles. The number of aromatic amines is 1. The average molecular weight is 384 g/mol. The molecule has 0 saturated heterocycles. The van der Waals surface area contributed by atoms with Crippen LogP contribution in [0.2, 0.25) is 0 Å². The Hall–Kier alpha value is -2.58. The predicted molar refractivity (Wildman–Crippen MR) is 102 cm³/mol. The summed E-state index contributed by atoms with van der Waals surface area (Å²) in [6.45, 7) is 0. The quantitative estimate of drug-likeness (QED) is 0.476. The van der Waals surface area contributed by atoms with Crippen LogP contribution in [0.25, 0.3) is 11.5 Å². The standard InChI is InChI=1S/C18H16N4O2S2/c1-23-14-6-4-12(5-7-14)17-19-13(10-24-17)11-26-18-20-16(21-22-18)9-15-3-2-8-25-15/h2-8,10H,9,11H2,1H3,(H,20,21,22). The van der Waals surface area contributed by atoms with Crippen molar-refractivity contribution in [3.05, 3.63) is 64.4 Å². The fraction of sp³-hybridized carbons (Fsp3) is 0.167. The van der Waals surface area contributed by atoms with Crippen LogP contribution >= 0.6 is 23.1 Å². The maximum atomic E-state index is 5.58. The lowest BCUT2D eigenvalue weighted by molar-refractivity contribution is 0.415. The molecule has 0 amide bonds. The minimum Gasteiger partial charge on any atom is -0.497 e. The second-order valence-electron chi connectivity index (χ2n) is 5.48. The van der Waals surface area contributed by atoms with Crippen molar-refractivity contribution in [1.29, 1.82) is 0 Å². The minimum atomic E-state index is 0.594. The van der Waals surface area contributed by atoms with Gasteiger partial charge in [0.2, 0.25) is 11.0 Å². The molecule has 0 aliphatic rings. The van der Waals surface area contributed by atoms with Crippen LogP contribution < -0.4 is 4.74 Å². The highest BCUT2D eigenvalue weighted by Gasteiger charge is 2.10. The number of aromatic nitrogens is 4. The lowest BCUT2D eigenvalue weighted by Gasteiger charge is -1.99. The highest BCUT2D eigenvalue weighted by atomic mass is 32.2. The zero-order valence-corrected chi connectivity index (χ0v) is 15.6. The Morgan fingerprint density at radius 2 is 2.08 bits per heavy atom. The first-order valence-electron chi connectivity index (χ1n) is 7.95. The second-order valence-corrected chi connectivity index (χ2v) is 7.46. The van der Waals surface area contributed by atoms with Gasteiger partial charge in [-0.1, -0.05) is 17.8 Å². The Bertz CT molecular complexity index is 961. The smallest absolute Gasteiger partial charge is 0.226 e. The molecular weight excluding hydrogens is 368 g/mol. The molecule has 0 saturated carbocycles. The molecule has 0 fully saturated rings.